The third-order valence-electron chi connectivity index (χ3n) is 6.22. The van der Waals surface area contributed by atoms with Crippen LogP contribution in [0.25, 0.3) is 0 Å². The highest BCUT2D eigenvalue weighted by molar-refractivity contribution is 5.34. The van der Waals surface area contributed by atoms with Crippen molar-refractivity contribution in [2.75, 3.05) is 27.2 Å². The number of hydrogen-bond acceptors (Lipinski definition) is 1. The van der Waals surface area contributed by atoms with E-state index in [0.717, 1.165) is 17.1 Å². The fourth-order valence-corrected chi connectivity index (χ4v) is 4.59. The van der Waals surface area contributed by atoms with E-state index < -0.39 is 0 Å². The van der Waals surface area contributed by atoms with E-state index in [4.69, 9.17) is 0 Å². The van der Waals surface area contributed by atoms with Crippen molar-refractivity contribution >= 4 is 0 Å². The van der Waals surface area contributed by atoms with Gasteiger partial charge in [0.25, 0.3) is 0 Å². The molecule has 1 fully saturated rings. The van der Waals surface area contributed by atoms with Crippen LogP contribution in [0.15, 0.2) is 48.7 Å². The van der Waals surface area contributed by atoms with Gasteiger partial charge in [0.15, 0.2) is 0 Å². The Kier molecular flexibility index (Phi) is 5.15. The van der Waals surface area contributed by atoms with Gasteiger partial charge in [0, 0.05) is 18.2 Å². The standard InChI is InChI=1S/C22H33N2/c1-5-20(6-2)23(17-22-13-9-10-14-24(22,3)4)21-15-18-11-7-8-12-19(18)16-21/h5-8,11-12,21-22H,1,9-10,13-17H2,2-4H3/q+1. The Balaban J connectivity index is 1.81. The number of likely N-dealkylation sites (N-methyl/N-ethyl adjacent to an activating group) is 1. The second kappa shape index (κ2) is 7.14. The summed E-state index contributed by atoms with van der Waals surface area (Å²) in [5, 5.41) is 0. The lowest BCUT2D eigenvalue weighted by Gasteiger charge is -2.45. The minimum Gasteiger partial charge on any atom is -0.362 e. The number of likely N-dealkylation sites (tertiary alicyclic amines) is 1. The average Bonchev–Trinajstić information content (AvgIpc) is 3.00. The highest BCUT2D eigenvalue weighted by atomic mass is 15.4. The molecule has 0 bridgehead atoms. The number of quaternary nitrogens is 1. The SMILES string of the molecule is C=CC(=CC)N(CC1CCCC[N+]1(C)C)C1Cc2ccccc2C1. The monoisotopic (exact) mass is 325 g/mol. The topological polar surface area (TPSA) is 3.24 Å². The molecular formula is C22H33N2+. The van der Waals surface area contributed by atoms with E-state index in [2.05, 4.69) is 62.8 Å². The van der Waals surface area contributed by atoms with Crippen molar-refractivity contribution in [1.29, 1.82) is 0 Å². The molecule has 1 heterocycles. The molecule has 0 N–H and O–H groups in total. The lowest BCUT2D eigenvalue weighted by Crippen LogP contribution is -2.57. The molecule has 1 saturated heterocycles. The van der Waals surface area contributed by atoms with Gasteiger partial charge in [-0.2, -0.15) is 0 Å². The number of nitrogens with zero attached hydrogens (tertiary/aromatic N) is 2. The van der Waals surface area contributed by atoms with Crippen LogP contribution in [-0.2, 0) is 12.8 Å². The Morgan fingerprint density at radius 2 is 1.88 bits per heavy atom. The molecule has 2 aliphatic rings. The molecule has 1 aromatic rings. The van der Waals surface area contributed by atoms with E-state index in [1.165, 1.54) is 55.5 Å². The minimum absolute atomic E-state index is 0.577. The predicted molar refractivity (Wildman–Crippen MR) is 103 cm³/mol. The number of allylic oxidation sites excluding steroid dienone is 2. The fourth-order valence-electron chi connectivity index (χ4n) is 4.59. The molecule has 1 aliphatic heterocycles. The Hall–Kier alpha value is -1.54. The van der Waals surface area contributed by atoms with E-state index >= 15 is 0 Å². The van der Waals surface area contributed by atoms with Gasteiger partial charge in [-0.25, -0.2) is 0 Å². The largest absolute Gasteiger partial charge is 0.362 e. The zero-order valence-corrected chi connectivity index (χ0v) is 15.7. The highest BCUT2D eigenvalue weighted by Gasteiger charge is 2.36. The summed E-state index contributed by atoms with van der Waals surface area (Å²) in [7, 11) is 4.82. The molecule has 0 amide bonds. The second-order valence-electron chi connectivity index (χ2n) is 8.05. The van der Waals surface area contributed by atoms with Crippen LogP contribution < -0.4 is 0 Å². The molecule has 130 valence electrons. The summed E-state index contributed by atoms with van der Waals surface area (Å²) < 4.78 is 1.16. The summed E-state index contributed by atoms with van der Waals surface area (Å²) in [6, 6.07) is 10.3. The van der Waals surface area contributed by atoms with Crippen LogP contribution in [0, 0.1) is 0 Å². The van der Waals surface area contributed by atoms with E-state index in [-0.39, 0.29) is 0 Å². The zero-order chi connectivity index (χ0) is 17.2. The maximum atomic E-state index is 4.09. The molecule has 1 aromatic carbocycles. The number of fused-ring (bicyclic) bond motifs is 1. The number of hydrogen-bond donors (Lipinski definition) is 0. The molecular weight excluding hydrogens is 292 g/mol. The van der Waals surface area contributed by atoms with Gasteiger partial charge in [0.1, 0.15) is 6.04 Å². The second-order valence-corrected chi connectivity index (χ2v) is 8.05. The van der Waals surface area contributed by atoms with Crippen LogP contribution in [0.2, 0.25) is 0 Å². The summed E-state index contributed by atoms with van der Waals surface area (Å²) in [5.74, 6) is 0. The van der Waals surface area contributed by atoms with Crippen LogP contribution in [-0.4, -0.2) is 48.7 Å². The van der Waals surface area contributed by atoms with Crippen LogP contribution in [0.4, 0.5) is 0 Å². The van der Waals surface area contributed by atoms with E-state index in [9.17, 15) is 0 Å². The molecule has 3 rings (SSSR count). The summed E-state index contributed by atoms with van der Waals surface area (Å²) in [6.07, 6.45) is 10.7. The third-order valence-corrected chi connectivity index (χ3v) is 6.22. The molecule has 0 saturated carbocycles. The quantitative estimate of drug-likeness (QED) is 0.580. The normalized spacial score (nSPS) is 23.8. The van der Waals surface area contributed by atoms with E-state index in [1.807, 2.05) is 6.08 Å². The van der Waals surface area contributed by atoms with Gasteiger partial charge in [0.2, 0.25) is 0 Å². The number of benzene rings is 1. The molecule has 24 heavy (non-hydrogen) atoms. The van der Waals surface area contributed by atoms with Crippen LogP contribution in [0.1, 0.15) is 37.3 Å². The first kappa shape index (κ1) is 17.3. The van der Waals surface area contributed by atoms with Crippen molar-refractivity contribution in [2.45, 2.75) is 51.1 Å². The van der Waals surface area contributed by atoms with Gasteiger partial charge in [-0.05, 0) is 49.8 Å². The van der Waals surface area contributed by atoms with E-state index in [0.29, 0.717) is 6.04 Å². The molecule has 0 radical (unpaired) electrons. The molecule has 0 spiro atoms. The van der Waals surface area contributed by atoms with Crippen molar-refractivity contribution in [2.24, 2.45) is 0 Å². The highest BCUT2D eigenvalue weighted by Crippen LogP contribution is 2.30. The molecule has 1 aliphatic carbocycles. The molecule has 0 aromatic heterocycles. The maximum Gasteiger partial charge on any atom is 0.106 e. The first-order chi connectivity index (χ1) is 11.5. The van der Waals surface area contributed by atoms with Gasteiger partial charge in [-0.3, -0.25) is 0 Å². The minimum atomic E-state index is 0.577. The van der Waals surface area contributed by atoms with Gasteiger partial charge < -0.3 is 9.38 Å². The predicted octanol–water partition coefficient (Wildman–Crippen LogP) is 4.17. The summed E-state index contributed by atoms with van der Waals surface area (Å²) in [5.41, 5.74) is 4.37. The smallest absolute Gasteiger partial charge is 0.106 e. The van der Waals surface area contributed by atoms with Crippen molar-refractivity contribution in [3.63, 3.8) is 0 Å². The molecule has 2 heteroatoms. The van der Waals surface area contributed by atoms with Gasteiger partial charge >= 0.3 is 0 Å². The number of rotatable bonds is 5. The first-order valence-electron chi connectivity index (χ1n) is 9.50. The Labute approximate surface area is 148 Å². The first-order valence-corrected chi connectivity index (χ1v) is 9.50. The fraction of sp³-hybridized carbons (Fsp3) is 0.545. The lowest BCUT2D eigenvalue weighted by atomic mass is 9.98. The Bertz CT molecular complexity index is 589. The van der Waals surface area contributed by atoms with Gasteiger partial charge in [-0.15, -0.1) is 0 Å². The average molecular weight is 326 g/mol. The van der Waals surface area contributed by atoms with Crippen molar-refractivity contribution < 1.29 is 4.48 Å². The summed E-state index contributed by atoms with van der Waals surface area (Å²) in [4.78, 5) is 2.66. The third kappa shape index (κ3) is 3.44. The maximum absolute atomic E-state index is 4.09. The molecule has 1 atom stereocenters. The van der Waals surface area contributed by atoms with Crippen molar-refractivity contribution in [3.05, 3.63) is 59.8 Å². The van der Waals surface area contributed by atoms with Crippen molar-refractivity contribution in [3.8, 4) is 0 Å². The van der Waals surface area contributed by atoms with Crippen LogP contribution >= 0.6 is 0 Å². The summed E-state index contributed by atoms with van der Waals surface area (Å²) >= 11 is 0. The van der Waals surface area contributed by atoms with Crippen molar-refractivity contribution in [1.82, 2.24) is 4.90 Å². The lowest BCUT2D eigenvalue weighted by molar-refractivity contribution is -0.919. The Morgan fingerprint density at radius 1 is 1.21 bits per heavy atom. The Morgan fingerprint density at radius 3 is 2.42 bits per heavy atom. The van der Waals surface area contributed by atoms with Crippen LogP contribution in [0.5, 0.6) is 0 Å². The van der Waals surface area contributed by atoms with Gasteiger partial charge in [0.05, 0.1) is 27.2 Å². The van der Waals surface area contributed by atoms with Gasteiger partial charge in [-0.1, -0.05) is 36.9 Å². The zero-order valence-electron chi connectivity index (χ0n) is 15.7. The van der Waals surface area contributed by atoms with E-state index in [1.54, 1.807) is 0 Å². The number of piperidine rings is 1. The van der Waals surface area contributed by atoms with Crippen LogP contribution in [0.3, 0.4) is 0 Å². The summed E-state index contributed by atoms with van der Waals surface area (Å²) in [6.45, 7) is 8.69. The molecule has 2 nitrogen and oxygen atoms in total. The molecule has 1 unspecified atom stereocenters.